The van der Waals surface area contributed by atoms with E-state index in [1.807, 2.05) is 55.5 Å². The quantitative estimate of drug-likeness (QED) is 0.860. The average molecular weight is 312 g/mol. The van der Waals surface area contributed by atoms with Crippen LogP contribution in [0.15, 0.2) is 48.5 Å². The van der Waals surface area contributed by atoms with Gasteiger partial charge in [0.1, 0.15) is 0 Å². The number of fused-ring (bicyclic) bond motifs is 1. The molecule has 0 saturated heterocycles. The van der Waals surface area contributed by atoms with Crippen LogP contribution in [0.2, 0.25) is 0 Å². The standard InChI is InChI=1S/C18H20N2O3/c1-13(15-5-3-2-4-6-15)19-11-18(21)20-10-14-7-8-16-17(9-14)23-12-22-16/h2-9,13,19H,10-12H2,1H3,(H,20,21). The summed E-state index contributed by atoms with van der Waals surface area (Å²) >= 11 is 0. The Morgan fingerprint density at radius 1 is 1.13 bits per heavy atom. The Kier molecular flexibility index (Phi) is 4.78. The van der Waals surface area contributed by atoms with Gasteiger partial charge in [-0.15, -0.1) is 0 Å². The molecule has 2 aromatic rings. The van der Waals surface area contributed by atoms with Crippen molar-refractivity contribution < 1.29 is 14.3 Å². The van der Waals surface area contributed by atoms with E-state index in [2.05, 4.69) is 10.6 Å². The molecule has 0 spiro atoms. The Bertz CT molecular complexity index is 673. The molecule has 1 aliphatic rings. The first-order chi connectivity index (χ1) is 11.2. The van der Waals surface area contributed by atoms with E-state index in [1.54, 1.807) is 0 Å². The Morgan fingerprint density at radius 3 is 2.74 bits per heavy atom. The molecule has 0 saturated carbocycles. The maximum atomic E-state index is 12.0. The van der Waals surface area contributed by atoms with Crippen molar-refractivity contribution in [1.82, 2.24) is 10.6 Å². The smallest absolute Gasteiger partial charge is 0.234 e. The molecule has 5 nitrogen and oxygen atoms in total. The highest BCUT2D eigenvalue weighted by Gasteiger charge is 2.13. The van der Waals surface area contributed by atoms with Crippen LogP contribution in [-0.2, 0) is 11.3 Å². The molecule has 0 aromatic heterocycles. The van der Waals surface area contributed by atoms with E-state index >= 15 is 0 Å². The first-order valence-corrected chi connectivity index (χ1v) is 7.66. The summed E-state index contributed by atoms with van der Waals surface area (Å²) in [5.74, 6) is 1.44. The van der Waals surface area contributed by atoms with Crippen molar-refractivity contribution in [1.29, 1.82) is 0 Å². The van der Waals surface area contributed by atoms with Crippen molar-refractivity contribution in [2.45, 2.75) is 19.5 Å². The van der Waals surface area contributed by atoms with Gasteiger partial charge in [0, 0.05) is 12.6 Å². The largest absolute Gasteiger partial charge is 0.454 e. The maximum Gasteiger partial charge on any atom is 0.234 e. The summed E-state index contributed by atoms with van der Waals surface area (Å²) in [5, 5.41) is 6.12. The monoisotopic (exact) mass is 312 g/mol. The van der Waals surface area contributed by atoms with Crippen molar-refractivity contribution in [2.24, 2.45) is 0 Å². The minimum Gasteiger partial charge on any atom is -0.454 e. The highest BCUT2D eigenvalue weighted by Crippen LogP contribution is 2.32. The molecule has 5 heteroatoms. The molecular weight excluding hydrogens is 292 g/mol. The van der Waals surface area contributed by atoms with Crippen LogP contribution in [0, 0.1) is 0 Å². The molecule has 0 bridgehead atoms. The molecule has 0 aliphatic carbocycles. The van der Waals surface area contributed by atoms with Crippen molar-refractivity contribution in [3.8, 4) is 11.5 Å². The van der Waals surface area contributed by atoms with Gasteiger partial charge in [0.05, 0.1) is 6.54 Å². The summed E-state index contributed by atoms with van der Waals surface area (Å²) in [5.41, 5.74) is 2.15. The Hall–Kier alpha value is -2.53. The molecule has 1 aliphatic heterocycles. The number of ether oxygens (including phenoxy) is 2. The van der Waals surface area contributed by atoms with Crippen LogP contribution >= 0.6 is 0 Å². The molecule has 1 heterocycles. The number of nitrogens with one attached hydrogen (secondary N) is 2. The lowest BCUT2D eigenvalue weighted by atomic mass is 10.1. The van der Waals surface area contributed by atoms with Gasteiger partial charge in [-0.2, -0.15) is 0 Å². The van der Waals surface area contributed by atoms with Gasteiger partial charge in [-0.1, -0.05) is 36.4 Å². The third-order valence-electron chi connectivity index (χ3n) is 3.80. The average Bonchev–Trinajstić information content (AvgIpc) is 3.06. The Morgan fingerprint density at radius 2 is 1.91 bits per heavy atom. The summed E-state index contributed by atoms with van der Waals surface area (Å²) in [4.78, 5) is 12.0. The third kappa shape index (κ3) is 4.02. The fraction of sp³-hybridized carbons (Fsp3) is 0.278. The summed E-state index contributed by atoms with van der Waals surface area (Å²) < 4.78 is 10.6. The lowest BCUT2D eigenvalue weighted by molar-refractivity contribution is -0.120. The van der Waals surface area contributed by atoms with E-state index in [0.717, 1.165) is 22.6 Å². The number of rotatable bonds is 6. The molecule has 0 fully saturated rings. The first-order valence-electron chi connectivity index (χ1n) is 7.66. The highest BCUT2D eigenvalue weighted by atomic mass is 16.7. The van der Waals surface area contributed by atoms with Gasteiger partial charge in [-0.3, -0.25) is 4.79 Å². The topological polar surface area (TPSA) is 59.6 Å². The Balaban J connectivity index is 1.45. The predicted molar refractivity (Wildman–Crippen MR) is 87.3 cm³/mol. The van der Waals surface area contributed by atoms with E-state index in [4.69, 9.17) is 9.47 Å². The van der Waals surface area contributed by atoms with Gasteiger partial charge in [0.25, 0.3) is 0 Å². The van der Waals surface area contributed by atoms with E-state index in [-0.39, 0.29) is 25.3 Å². The second-order valence-corrected chi connectivity index (χ2v) is 5.48. The molecule has 2 aromatic carbocycles. The summed E-state index contributed by atoms with van der Waals surface area (Å²) in [7, 11) is 0. The number of carbonyl (C=O) groups is 1. The van der Waals surface area contributed by atoms with Gasteiger partial charge in [0.15, 0.2) is 11.5 Å². The van der Waals surface area contributed by atoms with Gasteiger partial charge in [-0.05, 0) is 30.2 Å². The highest BCUT2D eigenvalue weighted by molar-refractivity contribution is 5.78. The molecule has 3 rings (SSSR count). The minimum absolute atomic E-state index is 0.0366. The molecule has 120 valence electrons. The summed E-state index contributed by atoms with van der Waals surface area (Å²) in [6.07, 6.45) is 0. The van der Waals surface area contributed by atoms with Gasteiger partial charge >= 0.3 is 0 Å². The SMILES string of the molecule is CC(NCC(=O)NCc1ccc2c(c1)OCO2)c1ccccc1. The van der Waals surface area contributed by atoms with E-state index in [0.29, 0.717) is 6.54 Å². The van der Waals surface area contributed by atoms with Gasteiger partial charge in [0.2, 0.25) is 12.7 Å². The van der Waals surface area contributed by atoms with Crippen LogP contribution in [0.5, 0.6) is 11.5 Å². The molecule has 23 heavy (non-hydrogen) atoms. The zero-order valence-corrected chi connectivity index (χ0v) is 13.0. The molecule has 0 radical (unpaired) electrons. The molecular formula is C18H20N2O3. The number of carbonyl (C=O) groups excluding carboxylic acids is 1. The van der Waals surface area contributed by atoms with E-state index in [9.17, 15) is 4.79 Å². The van der Waals surface area contributed by atoms with Gasteiger partial charge < -0.3 is 20.1 Å². The summed E-state index contributed by atoms with van der Waals surface area (Å²) in [6, 6.07) is 15.9. The lowest BCUT2D eigenvalue weighted by Gasteiger charge is -2.14. The number of hydrogen-bond acceptors (Lipinski definition) is 4. The van der Waals surface area contributed by atoms with Crippen molar-refractivity contribution >= 4 is 5.91 Å². The predicted octanol–water partition coefficient (Wildman–Crippen LogP) is 2.38. The summed E-state index contributed by atoms with van der Waals surface area (Å²) in [6.45, 7) is 3.05. The second kappa shape index (κ2) is 7.15. The van der Waals surface area contributed by atoms with Crippen LogP contribution in [0.4, 0.5) is 0 Å². The van der Waals surface area contributed by atoms with Crippen LogP contribution in [0.1, 0.15) is 24.1 Å². The molecule has 1 amide bonds. The molecule has 1 atom stereocenters. The van der Waals surface area contributed by atoms with Crippen LogP contribution in [0.25, 0.3) is 0 Å². The van der Waals surface area contributed by atoms with Crippen LogP contribution in [0.3, 0.4) is 0 Å². The second-order valence-electron chi connectivity index (χ2n) is 5.48. The van der Waals surface area contributed by atoms with Crippen molar-refractivity contribution in [2.75, 3.05) is 13.3 Å². The maximum absolute atomic E-state index is 12.0. The van der Waals surface area contributed by atoms with E-state index in [1.165, 1.54) is 0 Å². The van der Waals surface area contributed by atoms with Crippen molar-refractivity contribution in [3.63, 3.8) is 0 Å². The fourth-order valence-corrected chi connectivity index (χ4v) is 2.42. The van der Waals surface area contributed by atoms with Crippen molar-refractivity contribution in [3.05, 3.63) is 59.7 Å². The first kappa shape index (κ1) is 15.4. The fourth-order valence-electron chi connectivity index (χ4n) is 2.42. The number of benzene rings is 2. The minimum atomic E-state index is -0.0366. The lowest BCUT2D eigenvalue weighted by Crippen LogP contribution is -2.34. The number of hydrogen-bond donors (Lipinski definition) is 2. The third-order valence-corrected chi connectivity index (χ3v) is 3.80. The zero-order chi connectivity index (χ0) is 16.1. The van der Waals surface area contributed by atoms with Gasteiger partial charge in [-0.25, -0.2) is 0 Å². The normalized spacial score (nSPS) is 13.6. The molecule has 1 unspecified atom stereocenters. The zero-order valence-electron chi connectivity index (χ0n) is 13.0. The molecule has 2 N–H and O–H groups in total. The van der Waals surface area contributed by atoms with Crippen LogP contribution < -0.4 is 20.1 Å². The van der Waals surface area contributed by atoms with E-state index < -0.39 is 0 Å². The van der Waals surface area contributed by atoms with Crippen LogP contribution in [-0.4, -0.2) is 19.2 Å². The Labute approximate surface area is 135 Å². The number of amides is 1.